The van der Waals surface area contributed by atoms with Crippen LogP contribution in [-0.4, -0.2) is 55.6 Å². The highest BCUT2D eigenvalue weighted by atomic mass is 19.4. The van der Waals surface area contributed by atoms with Crippen LogP contribution in [-0.2, 0) is 11.2 Å². The van der Waals surface area contributed by atoms with E-state index >= 15 is 0 Å². The number of fused-ring (bicyclic) bond motifs is 2. The first kappa shape index (κ1) is 21.1. The van der Waals surface area contributed by atoms with E-state index in [9.17, 15) is 36.2 Å². The molecule has 0 saturated carbocycles. The molecular weight excluding hydrogens is 412 g/mol. The number of methoxy groups -OCH3 is 1. The highest BCUT2D eigenvalue weighted by Crippen LogP contribution is 2.52. The molecule has 2 aliphatic rings. The van der Waals surface area contributed by atoms with Crippen LogP contribution in [0.25, 0.3) is 0 Å². The molecule has 12 heteroatoms. The minimum atomic E-state index is -5.64. The van der Waals surface area contributed by atoms with Gasteiger partial charge in [0, 0.05) is 12.1 Å². The molecule has 0 bridgehead atoms. The lowest BCUT2D eigenvalue weighted by molar-refractivity contribution is -0.169. The van der Waals surface area contributed by atoms with Crippen molar-refractivity contribution < 1.29 is 50.5 Å². The van der Waals surface area contributed by atoms with Crippen molar-refractivity contribution in [3.05, 3.63) is 28.5 Å². The number of hydrogen-bond acceptors (Lipinski definition) is 6. The summed E-state index contributed by atoms with van der Waals surface area (Å²) in [4.78, 5) is 13.1. The van der Waals surface area contributed by atoms with Crippen LogP contribution in [0.3, 0.4) is 0 Å². The van der Waals surface area contributed by atoms with E-state index < -0.39 is 35.5 Å². The summed E-state index contributed by atoms with van der Waals surface area (Å²) in [7, 11) is 2.40. The van der Waals surface area contributed by atoms with Crippen molar-refractivity contribution in [2.24, 2.45) is 0 Å². The van der Waals surface area contributed by atoms with Crippen LogP contribution in [0.2, 0.25) is 0 Å². The predicted molar refractivity (Wildman–Crippen MR) is 85.0 cm³/mol. The fourth-order valence-corrected chi connectivity index (χ4v) is 3.46. The lowest BCUT2D eigenvalue weighted by Gasteiger charge is -2.37. The van der Waals surface area contributed by atoms with Crippen molar-refractivity contribution >= 4 is 5.78 Å². The third-order valence-electron chi connectivity index (χ3n) is 4.69. The van der Waals surface area contributed by atoms with Gasteiger partial charge in [-0.05, 0) is 25.1 Å². The highest BCUT2D eigenvalue weighted by Gasteiger charge is 2.52. The number of carbonyl (C=O) groups is 1. The Hall–Kier alpha value is -2.63. The van der Waals surface area contributed by atoms with E-state index in [2.05, 4.69) is 0 Å². The molecular formula is C17H15F6NO5. The van der Waals surface area contributed by atoms with Gasteiger partial charge in [-0.3, -0.25) is 9.69 Å². The molecule has 1 atom stereocenters. The van der Waals surface area contributed by atoms with Crippen LogP contribution in [0, 0.1) is 0 Å². The van der Waals surface area contributed by atoms with Gasteiger partial charge in [0.15, 0.2) is 11.5 Å². The Morgan fingerprint density at radius 1 is 1.21 bits per heavy atom. The number of benzene rings is 1. The number of aliphatic hydroxyl groups excluding tert-OH is 1. The van der Waals surface area contributed by atoms with Crippen LogP contribution in [0.15, 0.2) is 17.4 Å². The Morgan fingerprint density at radius 3 is 2.41 bits per heavy atom. The summed E-state index contributed by atoms with van der Waals surface area (Å²) in [5, 5.41) is 9.64. The van der Waals surface area contributed by atoms with Crippen molar-refractivity contribution in [2.75, 3.05) is 27.5 Å². The van der Waals surface area contributed by atoms with Gasteiger partial charge in [0.05, 0.1) is 18.7 Å². The molecule has 0 aromatic heterocycles. The summed E-state index contributed by atoms with van der Waals surface area (Å²) in [6.45, 7) is -0.201. The lowest BCUT2D eigenvalue weighted by Crippen LogP contribution is -2.40. The minimum Gasteiger partial charge on any atom is -0.504 e. The third-order valence-corrected chi connectivity index (χ3v) is 4.69. The molecule has 6 nitrogen and oxygen atoms in total. The molecule has 0 spiro atoms. The molecule has 1 aromatic rings. The second-order valence-corrected chi connectivity index (χ2v) is 6.44. The fraction of sp³-hybridized carbons (Fsp3) is 0.471. The van der Waals surface area contributed by atoms with Crippen LogP contribution in [0.4, 0.5) is 26.3 Å². The maximum absolute atomic E-state index is 13.2. The molecule has 0 radical (unpaired) electrons. The number of alkyl halides is 6. The lowest BCUT2D eigenvalue weighted by atomic mass is 9.84. The van der Waals surface area contributed by atoms with Gasteiger partial charge in [0.1, 0.15) is 0 Å². The normalized spacial score (nSPS) is 20.2. The first-order valence-corrected chi connectivity index (χ1v) is 8.19. The molecule has 1 N–H and O–H groups in total. The number of hydrogen-bond donors (Lipinski definition) is 1. The summed E-state index contributed by atoms with van der Waals surface area (Å²) in [5.74, 6) is -5.34. The average Bonchev–Trinajstić information content (AvgIpc) is 3.08. The van der Waals surface area contributed by atoms with Crippen molar-refractivity contribution in [1.29, 1.82) is 0 Å². The van der Waals surface area contributed by atoms with Crippen LogP contribution < -0.4 is 14.2 Å². The average molecular weight is 427 g/mol. The summed E-state index contributed by atoms with van der Waals surface area (Å²) >= 11 is 0. The molecule has 0 fully saturated rings. The summed E-state index contributed by atoms with van der Waals surface area (Å²) in [5.41, 5.74) is -1.64. The minimum absolute atomic E-state index is 0.00291. The van der Waals surface area contributed by atoms with Crippen molar-refractivity contribution in [3.63, 3.8) is 0 Å². The topological polar surface area (TPSA) is 68.2 Å². The summed E-state index contributed by atoms with van der Waals surface area (Å²) < 4.78 is 94.7. The monoisotopic (exact) mass is 427 g/mol. The maximum Gasteiger partial charge on any atom is 0.454 e. The van der Waals surface area contributed by atoms with Crippen LogP contribution in [0.1, 0.15) is 17.2 Å². The maximum atomic E-state index is 13.2. The van der Waals surface area contributed by atoms with E-state index in [1.807, 2.05) is 0 Å². The largest absolute Gasteiger partial charge is 0.504 e. The molecule has 0 unspecified atom stereocenters. The zero-order valence-corrected chi connectivity index (χ0v) is 15.1. The molecule has 29 heavy (non-hydrogen) atoms. The molecule has 160 valence electrons. The van der Waals surface area contributed by atoms with Gasteiger partial charge in [-0.1, -0.05) is 0 Å². The van der Waals surface area contributed by atoms with Gasteiger partial charge >= 0.3 is 12.4 Å². The molecule has 0 aliphatic carbocycles. The van der Waals surface area contributed by atoms with E-state index in [4.69, 9.17) is 14.2 Å². The number of halogens is 6. The van der Waals surface area contributed by atoms with E-state index in [1.165, 1.54) is 13.1 Å². The zero-order chi connectivity index (χ0) is 21.7. The Labute approximate surface area is 160 Å². The number of aliphatic hydroxyl groups is 1. The second-order valence-electron chi connectivity index (χ2n) is 6.44. The number of nitrogens with zero attached hydrogens (tertiary/aromatic N) is 1. The van der Waals surface area contributed by atoms with Gasteiger partial charge in [-0.25, -0.2) is 0 Å². The van der Waals surface area contributed by atoms with Crippen molar-refractivity contribution in [3.8, 4) is 17.2 Å². The third kappa shape index (κ3) is 3.56. The van der Waals surface area contributed by atoms with Gasteiger partial charge in [-0.2, -0.15) is 26.3 Å². The summed E-state index contributed by atoms with van der Waals surface area (Å²) in [6, 6.07) is -0.459. The Kier molecular flexibility index (Phi) is 5.10. The smallest absolute Gasteiger partial charge is 0.454 e. The van der Waals surface area contributed by atoms with Crippen molar-refractivity contribution in [1.82, 2.24) is 4.90 Å². The molecule has 2 heterocycles. The highest BCUT2D eigenvalue weighted by molar-refractivity contribution is 6.01. The summed E-state index contributed by atoms with van der Waals surface area (Å²) in [6.07, 6.45) is -11.0. The molecule has 2 aliphatic heterocycles. The Morgan fingerprint density at radius 2 is 1.86 bits per heavy atom. The second kappa shape index (κ2) is 7.01. The SMILES string of the molecule is COc1c2c(cc3c1[C@@H](C(C(=O)C(F)(F)F)=C(O)C(F)(F)F)N(C)CC3)OCO2. The Bertz CT molecular complexity index is 877. The number of Topliss-reactive ketones (excluding diaryl/α,β-unsaturated/α-hetero) is 1. The number of rotatable bonds is 3. The van der Waals surface area contributed by atoms with E-state index in [0.717, 1.165) is 12.0 Å². The molecule has 3 rings (SSSR count). The van der Waals surface area contributed by atoms with E-state index in [1.54, 1.807) is 0 Å². The standard InChI is InChI=1S/C17H15F6NO5/c1-24-4-3-7-5-8-12(29-6-28-8)13(27-2)9(7)11(24)10(14(25)16(18,19)20)15(26)17(21,22)23/h5,11,25H,3-4,6H2,1-2H3/t11-/m0/s1. The van der Waals surface area contributed by atoms with Gasteiger partial charge in [0.2, 0.25) is 18.3 Å². The van der Waals surface area contributed by atoms with Gasteiger partial charge < -0.3 is 19.3 Å². The molecule has 1 aromatic carbocycles. The van der Waals surface area contributed by atoms with Gasteiger partial charge in [-0.15, -0.1) is 0 Å². The molecule has 0 saturated heterocycles. The number of ketones is 1. The first-order chi connectivity index (χ1) is 13.4. The Balaban J connectivity index is 2.33. The first-order valence-electron chi connectivity index (χ1n) is 8.19. The fourth-order valence-electron chi connectivity index (χ4n) is 3.46. The van der Waals surface area contributed by atoms with Crippen LogP contribution >= 0.6 is 0 Å². The number of ether oxygens (including phenoxy) is 3. The van der Waals surface area contributed by atoms with Crippen molar-refractivity contribution in [2.45, 2.75) is 24.8 Å². The zero-order valence-electron chi connectivity index (χ0n) is 15.1. The molecule has 0 amide bonds. The van der Waals surface area contributed by atoms with Crippen LogP contribution in [0.5, 0.6) is 17.2 Å². The number of carbonyl (C=O) groups excluding carboxylic acids is 1. The van der Waals surface area contributed by atoms with E-state index in [-0.39, 0.29) is 42.6 Å². The number of likely N-dealkylation sites (N-methyl/N-ethyl adjacent to an activating group) is 1. The quantitative estimate of drug-likeness (QED) is 0.453. The van der Waals surface area contributed by atoms with Gasteiger partial charge in [0.25, 0.3) is 5.78 Å². The number of allylic oxidation sites excluding steroid dienone is 1. The predicted octanol–water partition coefficient (Wildman–Crippen LogP) is 3.46. The van der Waals surface area contributed by atoms with E-state index in [0.29, 0.717) is 5.56 Å².